The highest BCUT2D eigenvalue weighted by Crippen LogP contribution is 2.31. The molecule has 196 valence electrons. The molecule has 0 saturated heterocycles. The van der Waals surface area contributed by atoms with E-state index in [1.165, 1.54) is 24.4 Å². The Labute approximate surface area is 216 Å². The summed E-state index contributed by atoms with van der Waals surface area (Å²) in [5.74, 6) is -4.59. The van der Waals surface area contributed by atoms with E-state index in [1.807, 2.05) is 19.1 Å². The zero-order chi connectivity index (χ0) is 27.1. The number of nitrogens with zero attached hydrogens (tertiary/aromatic N) is 5. The van der Waals surface area contributed by atoms with Crippen molar-refractivity contribution in [1.82, 2.24) is 19.9 Å². The van der Waals surface area contributed by atoms with Crippen molar-refractivity contribution in [2.24, 2.45) is 5.10 Å². The molecule has 3 N–H and O–H groups in total. The maximum absolute atomic E-state index is 13.9. The molecule has 0 aliphatic heterocycles. The molecule has 2 heterocycles. The maximum atomic E-state index is 13.9. The molecule has 4 rings (SSSR count). The van der Waals surface area contributed by atoms with Crippen molar-refractivity contribution >= 4 is 29.7 Å². The number of halogens is 4. The summed E-state index contributed by atoms with van der Waals surface area (Å²) < 4.78 is 54.7. The summed E-state index contributed by atoms with van der Waals surface area (Å²) in [4.78, 5) is 17.1. The number of pyridine rings is 1. The number of aryl methyl sites for hydroxylation is 1. The molecule has 2 aromatic carbocycles. The van der Waals surface area contributed by atoms with Crippen LogP contribution >= 0.6 is 0 Å². The van der Waals surface area contributed by atoms with Crippen LogP contribution in [0.2, 0.25) is 0 Å². The monoisotopic (exact) mass is 524 g/mol. The van der Waals surface area contributed by atoms with E-state index < -0.39 is 17.3 Å². The number of anilines is 4. The molecule has 2 aromatic heterocycles. The van der Waals surface area contributed by atoms with Gasteiger partial charge in [-0.2, -0.15) is 20.1 Å². The lowest BCUT2D eigenvalue weighted by atomic mass is 10.1. The molecule has 0 atom stereocenters. The van der Waals surface area contributed by atoms with Gasteiger partial charge in [0.2, 0.25) is 17.8 Å². The van der Waals surface area contributed by atoms with Crippen molar-refractivity contribution in [2.45, 2.75) is 32.7 Å². The molecule has 0 saturated carbocycles. The van der Waals surface area contributed by atoms with Crippen LogP contribution in [0.25, 0.3) is 0 Å². The van der Waals surface area contributed by atoms with Crippen LogP contribution in [0.3, 0.4) is 0 Å². The quantitative estimate of drug-likeness (QED) is 0.133. The Morgan fingerprint density at radius 1 is 0.921 bits per heavy atom. The third-order valence-electron chi connectivity index (χ3n) is 5.28. The van der Waals surface area contributed by atoms with Gasteiger partial charge in [-0.25, -0.2) is 23.0 Å². The summed E-state index contributed by atoms with van der Waals surface area (Å²) in [5.41, 5.74) is 4.54. The van der Waals surface area contributed by atoms with Crippen LogP contribution in [0.1, 0.15) is 36.2 Å². The van der Waals surface area contributed by atoms with Crippen LogP contribution in [-0.2, 0) is 18.9 Å². The largest absolute Gasteiger partial charge is 0.350 e. The minimum Gasteiger partial charge on any atom is -0.350 e. The van der Waals surface area contributed by atoms with E-state index in [0.717, 1.165) is 29.8 Å². The Kier molecular flexibility index (Phi) is 8.09. The van der Waals surface area contributed by atoms with E-state index in [-0.39, 0.29) is 29.3 Å². The van der Waals surface area contributed by atoms with Gasteiger partial charge >= 0.3 is 0 Å². The van der Waals surface area contributed by atoms with E-state index in [9.17, 15) is 17.6 Å². The third-order valence-corrected chi connectivity index (χ3v) is 5.28. The Balaban J connectivity index is 1.57. The van der Waals surface area contributed by atoms with Crippen molar-refractivity contribution in [3.8, 4) is 0 Å². The molecule has 12 heteroatoms. The summed E-state index contributed by atoms with van der Waals surface area (Å²) in [7, 11) is 0. The molecular formula is C26H24F4N8. The second-order valence-electron chi connectivity index (χ2n) is 8.30. The molecule has 0 amide bonds. The number of rotatable bonds is 10. The number of hydrogen-bond donors (Lipinski definition) is 3. The van der Waals surface area contributed by atoms with Crippen molar-refractivity contribution in [1.29, 1.82) is 0 Å². The first kappa shape index (κ1) is 26.5. The maximum Gasteiger partial charge on any atom is 0.273 e. The summed E-state index contributed by atoms with van der Waals surface area (Å²) in [6, 6.07) is 12.8. The van der Waals surface area contributed by atoms with Gasteiger partial charge in [-0.05, 0) is 53.9 Å². The van der Waals surface area contributed by atoms with E-state index >= 15 is 0 Å². The van der Waals surface area contributed by atoms with Gasteiger partial charge in [-0.3, -0.25) is 4.98 Å². The first-order valence-electron chi connectivity index (χ1n) is 11.6. The topological polar surface area (TPSA) is 100 Å². The van der Waals surface area contributed by atoms with Crippen molar-refractivity contribution in [3.63, 3.8) is 0 Å². The van der Waals surface area contributed by atoms with Gasteiger partial charge in [0.25, 0.3) is 5.92 Å². The highest BCUT2D eigenvalue weighted by molar-refractivity contribution is 5.79. The van der Waals surface area contributed by atoms with Crippen LogP contribution in [0.5, 0.6) is 0 Å². The molecule has 8 nitrogen and oxygen atoms in total. The number of hydrogen-bond acceptors (Lipinski definition) is 8. The molecule has 38 heavy (non-hydrogen) atoms. The standard InChI is InChI=1S/C26H24F4N8/c1-3-19-9-6-17(13-31-19)14-32-23-35-24(34-20-10-11-22(28)21(12-20)26(2,29)30)37-25(36-23)38-33-15-16-4-7-18(27)8-5-16/h4-13,15H,3,14H2,1-2H3,(H3,32,34,35,36,37,38)/b33-15+. The Hall–Kier alpha value is -4.61. The van der Waals surface area contributed by atoms with Crippen LogP contribution in [0.15, 0.2) is 65.9 Å². The van der Waals surface area contributed by atoms with Gasteiger partial charge in [0.15, 0.2) is 0 Å². The number of hydrazone groups is 1. The van der Waals surface area contributed by atoms with Gasteiger partial charge in [0.05, 0.1) is 11.8 Å². The predicted molar refractivity (Wildman–Crippen MR) is 138 cm³/mol. The minimum atomic E-state index is -3.38. The van der Waals surface area contributed by atoms with E-state index in [1.54, 1.807) is 18.3 Å². The highest BCUT2D eigenvalue weighted by Gasteiger charge is 2.28. The molecule has 0 radical (unpaired) electrons. The van der Waals surface area contributed by atoms with Gasteiger partial charge in [0, 0.05) is 31.0 Å². The first-order valence-corrected chi connectivity index (χ1v) is 11.6. The molecule has 0 spiro atoms. The number of aromatic nitrogens is 4. The van der Waals surface area contributed by atoms with Gasteiger partial charge < -0.3 is 10.6 Å². The fourth-order valence-corrected chi connectivity index (χ4v) is 3.29. The van der Waals surface area contributed by atoms with Crippen LogP contribution < -0.4 is 16.1 Å². The Morgan fingerprint density at radius 2 is 1.66 bits per heavy atom. The van der Waals surface area contributed by atoms with E-state index in [2.05, 4.69) is 41.1 Å². The summed E-state index contributed by atoms with van der Waals surface area (Å²) in [5, 5.41) is 9.93. The third kappa shape index (κ3) is 7.21. The van der Waals surface area contributed by atoms with Gasteiger partial charge in [-0.15, -0.1) is 0 Å². The van der Waals surface area contributed by atoms with Crippen molar-refractivity contribution < 1.29 is 17.6 Å². The smallest absolute Gasteiger partial charge is 0.273 e. The minimum absolute atomic E-state index is 0.00147. The molecule has 0 aliphatic rings. The fourth-order valence-electron chi connectivity index (χ4n) is 3.29. The van der Waals surface area contributed by atoms with Crippen LogP contribution in [0.4, 0.5) is 41.1 Å². The second kappa shape index (κ2) is 11.6. The lowest BCUT2D eigenvalue weighted by molar-refractivity contribution is 0.0138. The fraction of sp³-hybridized carbons (Fsp3) is 0.192. The van der Waals surface area contributed by atoms with Crippen LogP contribution in [0, 0.1) is 11.6 Å². The second-order valence-corrected chi connectivity index (χ2v) is 8.30. The average Bonchev–Trinajstić information content (AvgIpc) is 2.89. The molecular weight excluding hydrogens is 500 g/mol. The normalized spacial score (nSPS) is 11.5. The molecule has 0 unspecified atom stereocenters. The zero-order valence-corrected chi connectivity index (χ0v) is 20.5. The van der Waals surface area contributed by atoms with Crippen molar-refractivity contribution in [2.75, 3.05) is 16.1 Å². The van der Waals surface area contributed by atoms with Gasteiger partial charge in [0.1, 0.15) is 11.6 Å². The molecule has 0 aliphatic carbocycles. The molecule has 0 fully saturated rings. The summed E-state index contributed by atoms with van der Waals surface area (Å²) in [6.45, 7) is 2.98. The van der Waals surface area contributed by atoms with E-state index in [4.69, 9.17) is 0 Å². The van der Waals surface area contributed by atoms with Crippen molar-refractivity contribution in [3.05, 3.63) is 94.8 Å². The lowest BCUT2D eigenvalue weighted by Gasteiger charge is -2.14. The zero-order valence-electron chi connectivity index (χ0n) is 20.5. The number of benzene rings is 2. The lowest BCUT2D eigenvalue weighted by Crippen LogP contribution is -2.12. The molecule has 0 bridgehead atoms. The summed E-state index contributed by atoms with van der Waals surface area (Å²) in [6.07, 6.45) is 4.00. The van der Waals surface area contributed by atoms with Gasteiger partial charge in [-0.1, -0.05) is 25.1 Å². The molecule has 4 aromatic rings. The summed E-state index contributed by atoms with van der Waals surface area (Å²) >= 11 is 0. The van der Waals surface area contributed by atoms with E-state index in [0.29, 0.717) is 19.0 Å². The highest BCUT2D eigenvalue weighted by atomic mass is 19.3. The first-order chi connectivity index (χ1) is 18.2. The number of nitrogens with one attached hydrogen (secondary N) is 3. The van der Waals surface area contributed by atoms with Crippen LogP contribution in [-0.4, -0.2) is 26.2 Å². The SMILES string of the molecule is CCc1ccc(CNc2nc(N/N=C/c3ccc(F)cc3)nc(Nc3ccc(F)c(C(C)(F)F)c3)n2)cn1. The predicted octanol–water partition coefficient (Wildman–Crippen LogP) is 6.02. The Morgan fingerprint density at radius 3 is 2.34 bits per heavy atom. The number of alkyl halides is 2. The average molecular weight is 525 g/mol. The Bertz CT molecular complexity index is 1400.